The molecule has 0 aliphatic carbocycles. The first-order valence-electron chi connectivity index (χ1n) is 6.52. The van der Waals surface area contributed by atoms with Crippen LogP contribution in [0.25, 0.3) is 0 Å². The third kappa shape index (κ3) is 2.97. The molecule has 1 aromatic rings. The smallest absolute Gasteiger partial charge is 0.0642 e. The summed E-state index contributed by atoms with van der Waals surface area (Å²) >= 11 is 6.34. The number of benzene rings is 1. The number of anilines is 1. The number of hydrogen-bond acceptors (Lipinski definition) is 3. The lowest BCUT2D eigenvalue weighted by Crippen LogP contribution is -2.36. The van der Waals surface area contributed by atoms with Gasteiger partial charge in [-0.1, -0.05) is 17.7 Å². The van der Waals surface area contributed by atoms with Gasteiger partial charge in [-0.3, -0.25) is 0 Å². The maximum Gasteiger partial charge on any atom is 0.0642 e. The molecule has 0 amide bonds. The Morgan fingerprint density at radius 3 is 2.94 bits per heavy atom. The average molecular weight is 269 g/mol. The summed E-state index contributed by atoms with van der Waals surface area (Å²) in [4.78, 5) is 2.26. The normalized spacial score (nSPS) is 22.0. The number of rotatable bonds is 3. The molecule has 2 rings (SSSR count). The van der Waals surface area contributed by atoms with Gasteiger partial charge < -0.3 is 15.7 Å². The van der Waals surface area contributed by atoms with E-state index < -0.39 is 0 Å². The van der Waals surface area contributed by atoms with Gasteiger partial charge in [0.25, 0.3) is 0 Å². The van der Waals surface area contributed by atoms with Gasteiger partial charge in [0.15, 0.2) is 0 Å². The summed E-state index contributed by atoms with van der Waals surface area (Å²) in [6, 6.07) is 6.03. The second kappa shape index (κ2) is 5.91. The quantitative estimate of drug-likeness (QED) is 0.886. The van der Waals surface area contributed by atoms with Gasteiger partial charge in [0.1, 0.15) is 0 Å². The Morgan fingerprint density at radius 1 is 1.56 bits per heavy atom. The van der Waals surface area contributed by atoms with Crippen molar-refractivity contribution in [3.8, 4) is 0 Å². The fourth-order valence-corrected chi connectivity index (χ4v) is 2.80. The summed E-state index contributed by atoms with van der Waals surface area (Å²) < 4.78 is 0. The van der Waals surface area contributed by atoms with Crippen LogP contribution in [0.15, 0.2) is 18.2 Å². The monoisotopic (exact) mass is 268 g/mol. The van der Waals surface area contributed by atoms with Crippen LogP contribution in [0.2, 0.25) is 5.02 Å². The van der Waals surface area contributed by atoms with Gasteiger partial charge in [-0.15, -0.1) is 0 Å². The van der Waals surface area contributed by atoms with E-state index >= 15 is 0 Å². The van der Waals surface area contributed by atoms with E-state index in [4.69, 9.17) is 17.3 Å². The zero-order valence-corrected chi connectivity index (χ0v) is 11.5. The van der Waals surface area contributed by atoms with Crippen LogP contribution in [0.3, 0.4) is 0 Å². The molecule has 1 fully saturated rings. The van der Waals surface area contributed by atoms with Crippen LogP contribution in [0.1, 0.15) is 31.4 Å². The maximum atomic E-state index is 9.27. The van der Waals surface area contributed by atoms with E-state index in [-0.39, 0.29) is 12.6 Å². The Bertz CT molecular complexity index is 409. The fourth-order valence-electron chi connectivity index (χ4n) is 2.50. The molecule has 100 valence electrons. The summed E-state index contributed by atoms with van der Waals surface area (Å²) in [7, 11) is 0. The molecule has 0 saturated carbocycles. The lowest BCUT2D eigenvalue weighted by molar-refractivity contribution is 0.209. The summed E-state index contributed by atoms with van der Waals surface area (Å²) in [5, 5.41) is 10.0. The van der Waals surface area contributed by atoms with Gasteiger partial charge in [0, 0.05) is 25.7 Å². The van der Waals surface area contributed by atoms with Crippen molar-refractivity contribution < 1.29 is 5.11 Å². The molecule has 1 unspecified atom stereocenters. The Hall–Kier alpha value is -0.770. The van der Waals surface area contributed by atoms with Crippen molar-refractivity contribution in [2.75, 3.05) is 24.6 Å². The summed E-state index contributed by atoms with van der Waals surface area (Å²) in [5.41, 5.74) is 7.96. The minimum Gasteiger partial charge on any atom is -0.396 e. The van der Waals surface area contributed by atoms with E-state index in [9.17, 15) is 5.11 Å². The van der Waals surface area contributed by atoms with Gasteiger partial charge in [0.2, 0.25) is 0 Å². The molecule has 0 bridgehead atoms. The zero-order valence-electron chi connectivity index (χ0n) is 10.8. The molecule has 1 aliphatic rings. The lowest BCUT2D eigenvalue weighted by Gasteiger charge is -2.34. The zero-order chi connectivity index (χ0) is 13.1. The number of nitrogens with two attached hydrogens (primary N) is 1. The Balaban J connectivity index is 2.17. The third-order valence-electron chi connectivity index (χ3n) is 3.62. The molecule has 3 nitrogen and oxygen atoms in total. The van der Waals surface area contributed by atoms with Crippen molar-refractivity contribution in [1.82, 2.24) is 0 Å². The SMILES string of the molecule is C[C@@H](N)c1ccc(N2CCCC(CO)C2)c(Cl)c1. The summed E-state index contributed by atoms with van der Waals surface area (Å²) in [5.74, 6) is 0.364. The van der Waals surface area contributed by atoms with Crippen LogP contribution in [-0.4, -0.2) is 24.8 Å². The van der Waals surface area contributed by atoms with Gasteiger partial charge in [-0.2, -0.15) is 0 Å². The summed E-state index contributed by atoms with van der Waals surface area (Å²) in [6.45, 7) is 4.10. The minimum atomic E-state index is 0.00287. The highest BCUT2D eigenvalue weighted by molar-refractivity contribution is 6.33. The predicted octanol–water partition coefficient (Wildman–Crippen LogP) is 2.57. The minimum absolute atomic E-state index is 0.00287. The van der Waals surface area contributed by atoms with Crippen molar-refractivity contribution in [1.29, 1.82) is 0 Å². The summed E-state index contributed by atoms with van der Waals surface area (Å²) in [6.07, 6.45) is 2.21. The van der Waals surface area contributed by atoms with E-state index in [2.05, 4.69) is 4.90 Å². The van der Waals surface area contributed by atoms with Crippen molar-refractivity contribution in [2.45, 2.75) is 25.8 Å². The highest BCUT2D eigenvalue weighted by atomic mass is 35.5. The Labute approximate surface area is 114 Å². The topological polar surface area (TPSA) is 49.5 Å². The molecule has 4 heteroatoms. The maximum absolute atomic E-state index is 9.27. The molecule has 0 spiro atoms. The second-order valence-electron chi connectivity index (χ2n) is 5.14. The van der Waals surface area contributed by atoms with Crippen molar-refractivity contribution in [3.05, 3.63) is 28.8 Å². The fraction of sp³-hybridized carbons (Fsp3) is 0.571. The van der Waals surface area contributed by atoms with Gasteiger partial charge >= 0.3 is 0 Å². The standard InChI is InChI=1S/C14H21ClN2O/c1-10(16)12-4-5-14(13(15)7-12)17-6-2-3-11(8-17)9-18/h4-5,7,10-11,18H,2-3,6,8-9,16H2,1H3/t10-,11?/m1/s1. The number of nitrogens with zero attached hydrogens (tertiary/aromatic N) is 1. The lowest BCUT2D eigenvalue weighted by atomic mass is 9.98. The predicted molar refractivity (Wildman–Crippen MR) is 76.1 cm³/mol. The molecule has 1 heterocycles. The van der Waals surface area contributed by atoms with Crippen molar-refractivity contribution >= 4 is 17.3 Å². The van der Waals surface area contributed by atoms with E-state index in [1.54, 1.807) is 0 Å². The Kier molecular flexibility index (Phi) is 4.49. The molecule has 18 heavy (non-hydrogen) atoms. The molecular weight excluding hydrogens is 248 g/mol. The molecule has 1 aliphatic heterocycles. The molecule has 0 aromatic heterocycles. The van der Waals surface area contributed by atoms with Crippen LogP contribution in [-0.2, 0) is 0 Å². The number of hydrogen-bond donors (Lipinski definition) is 2. The molecule has 2 atom stereocenters. The van der Waals surface area contributed by atoms with Crippen molar-refractivity contribution in [2.24, 2.45) is 11.7 Å². The first-order chi connectivity index (χ1) is 8.61. The van der Waals surface area contributed by atoms with E-state index in [1.165, 1.54) is 0 Å². The average Bonchev–Trinajstić information content (AvgIpc) is 2.38. The number of aliphatic hydroxyl groups excluding tert-OH is 1. The molecule has 3 N–H and O–H groups in total. The van der Waals surface area contributed by atoms with Gasteiger partial charge in [-0.05, 0) is 43.4 Å². The van der Waals surface area contributed by atoms with E-state index in [0.29, 0.717) is 5.92 Å². The van der Waals surface area contributed by atoms with Crippen molar-refractivity contribution in [3.63, 3.8) is 0 Å². The van der Waals surface area contributed by atoms with Crippen LogP contribution in [0, 0.1) is 5.92 Å². The first-order valence-corrected chi connectivity index (χ1v) is 6.90. The molecule has 1 aromatic carbocycles. The second-order valence-corrected chi connectivity index (χ2v) is 5.54. The van der Waals surface area contributed by atoms with Gasteiger partial charge in [0.05, 0.1) is 10.7 Å². The molecule has 1 saturated heterocycles. The van der Waals surface area contributed by atoms with Gasteiger partial charge in [-0.25, -0.2) is 0 Å². The number of piperidine rings is 1. The van der Waals surface area contributed by atoms with Crippen LogP contribution >= 0.6 is 11.6 Å². The van der Waals surface area contributed by atoms with Crippen LogP contribution in [0.5, 0.6) is 0 Å². The van der Waals surface area contributed by atoms with E-state index in [0.717, 1.165) is 42.2 Å². The highest BCUT2D eigenvalue weighted by Gasteiger charge is 2.21. The van der Waals surface area contributed by atoms with Crippen LogP contribution < -0.4 is 10.6 Å². The Morgan fingerprint density at radius 2 is 2.33 bits per heavy atom. The molecule has 0 radical (unpaired) electrons. The number of halogens is 1. The first kappa shape index (κ1) is 13.7. The highest BCUT2D eigenvalue weighted by Crippen LogP contribution is 2.31. The van der Waals surface area contributed by atoms with E-state index in [1.807, 2.05) is 25.1 Å². The number of aliphatic hydroxyl groups is 1. The van der Waals surface area contributed by atoms with Crippen LogP contribution in [0.4, 0.5) is 5.69 Å². The molecular formula is C14H21ClN2O. The largest absolute Gasteiger partial charge is 0.396 e. The third-order valence-corrected chi connectivity index (χ3v) is 3.92.